The quantitative estimate of drug-likeness (QED) is 0.204. The molecule has 0 aliphatic rings. The highest BCUT2D eigenvalue weighted by Gasteiger charge is 2.96. The summed E-state index contributed by atoms with van der Waals surface area (Å²) in [6, 6.07) is 0. The Morgan fingerprint density at radius 1 is 0.629 bits per heavy atom. The maximum Gasteiger partial charge on any atom is 0.460 e. The van der Waals surface area contributed by atoms with Gasteiger partial charge in [0.25, 0.3) is 10.0 Å². The molecule has 210 valence electrons. The van der Waals surface area contributed by atoms with E-state index in [-0.39, 0.29) is 0 Å². The van der Waals surface area contributed by atoms with Gasteiger partial charge in [-0.15, -0.1) is 6.58 Å². The lowest BCUT2D eigenvalue weighted by Gasteiger charge is -2.43. The van der Waals surface area contributed by atoms with Gasteiger partial charge in [-0.1, -0.05) is 13.0 Å². The summed E-state index contributed by atoms with van der Waals surface area (Å²) < 4.78 is 248. The molecular weight excluding hydrogens is 569 g/mol. The van der Waals surface area contributed by atoms with Crippen molar-refractivity contribution in [1.29, 1.82) is 0 Å². The van der Waals surface area contributed by atoms with Crippen LogP contribution in [0.15, 0.2) is 12.7 Å². The van der Waals surface area contributed by atoms with E-state index < -0.39 is 80.8 Å². The van der Waals surface area contributed by atoms with E-state index in [0.29, 0.717) is 6.08 Å². The van der Waals surface area contributed by atoms with Crippen molar-refractivity contribution in [3.8, 4) is 0 Å². The zero-order valence-corrected chi connectivity index (χ0v) is 17.3. The van der Waals surface area contributed by atoms with Gasteiger partial charge in [-0.25, -0.2) is 8.42 Å². The third-order valence-corrected chi connectivity index (χ3v) is 6.08. The fourth-order valence-corrected chi connectivity index (χ4v) is 3.68. The molecule has 0 heterocycles. The molecule has 0 fully saturated rings. The molecule has 0 N–H and O–H groups in total. The van der Waals surface area contributed by atoms with Crippen molar-refractivity contribution in [2.75, 3.05) is 13.1 Å². The van der Waals surface area contributed by atoms with E-state index in [2.05, 4.69) is 6.58 Å². The smallest absolute Gasteiger partial charge is 0.206 e. The Kier molecular flexibility index (Phi) is 8.69. The molecule has 0 aliphatic heterocycles. The number of alkyl halides is 17. The third-order valence-electron chi connectivity index (χ3n) is 4.16. The summed E-state index contributed by atoms with van der Waals surface area (Å²) in [6.07, 6.45) is -8.04. The van der Waals surface area contributed by atoms with E-state index in [1.165, 1.54) is 0 Å². The van der Waals surface area contributed by atoms with Gasteiger partial charge in [0.05, 0.1) is 0 Å². The summed E-state index contributed by atoms with van der Waals surface area (Å²) in [7, 11) is -7.25. The average molecular weight is 581 g/mol. The summed E-state index contributed by atoms with van der Waals surface area (Å²) in [5.74, 6) is -51.6. The molecule has 21 heteroatoms. The van der Waals surface area contributed by atoms with Gasteiger partial charge in [0, 0.05) is 13.1 Å². The topological polar surface area (TPSA) is 37.4 Å². The zero-order chi connectivity index (χ0) is 28.9. The van der Waals surface area contributed by atoms with Crippen LogP contribution in [0.4, 0.5) is 74.6 Å². The first-order valence-corrected chi connectivity index (χ1v) is 9.78. The molecule has 3 nitrogen and oxygen atoms in total. The maximum absolute atomic E-state index is 14.0. The minimum absolute atomic E-state index is 0.377. The molecule has 0 rings (SSSR count). The minimum Gasteiger partial charge on any atom is -0.206 e. The Labute approximate surface area is 184 Å². The van der Waals surface area contributed by atoms with Crippen LogP contribution < -0.4 is 0 Å². The van der Waals surface area contributed by atoms with Gasteiger partial charge in [-0.2, -0.15) is 78.9 Å². The number of rotatable bonds is 12. The molecule has 0 amide bonds. The first-order chi connectivity index (χ1) is 15.0. The van der Waals surface area contributed by atoms with Crippen LogP contribution >= 0.6 is 0 Å². The van der Waals surface area contributed by atoms with Crippen molar-refractivity contribution >= 4 is 10.0 Å². The Morgan fingerprint density at radius 3 is 1.23 bits per heavy atom. The zero-order valence-electron chi connectivity index (χ0n) is 16.5. The van der Waals surface area contributed by atoms with Gasteiger partial charge in [-0.05, 0) is 6.42 Å². The van der Waals surface area contributed by atoms with Crippen molar-refractivity contribution in [3.05, 3.63) is 12.7 Å². The van der Waals surface area contributed by atoms with Crippen molar-refractivity contribution in [3.63, 3.8) is 0 Å². The van der Waals surface area contributed by atoms with Crippen molar-refractivity contribution < 1.29 is 83.1 Å². The number of sulfonamides is 1. The molecule has 0 unspecified atom stereocenters. The van der Waals surface area contributed by atoms with Gasteiger partial charge in [0.2, 0.25) is 0 Å². The van der Waals surface area contributed by atoms with Crippen LogP contribution in [-0.2, 0) is 10.0 Å². The molecular formula is C14H12F17NO2S. The predicted molar refractivity (Wildman–Crippen MR) is 81.7 cm³/mol. The van der Waals surface area contributed by atoms with Gasteiger partial charge in [0.1, 0.15) is 0 Å². The molecule has 0 radical (unpaired) electrons. The van der Waals surface area contributed by atoms with E-state index in [1.807, 2.05) is 0 Å². The van der Waals surface area contributed by atoms with Crippen molar-refractivity contribution in [2.24, 2.45) is 0 Å². The summed E-state index contributed by atoms with van der Waals surface area (Å²) >= 11 is 0. The van der Waals surface area contributed by atoms with Crippen molar-refractivity contribution in [1.82, 2.24) is 4.31 Å². The molecule has 0 aromatic heterocycles. The highest BCUT2D eigenvalue weighted by Crippen LogP contribution is 2.64. The second-order valence-corrected chi connectivity index (χ2v) is 8.59. The molecule has 0 spiro atoms. The first kappa shape index (κ1) is 33.5. The Balaban J connectivity index is 7.04. The number of halogens is 17. The number of hydrogen-bond acceptors (Lipinski definition) is 2. The predicted octanol–water partition coefficient (Wildman–Crippen LogP) is 6.18. The SMILES string of the molecule is C=CCN(CCC)S(=O)(=O)C(F)(F)C(F)(F)C(F)(F)C(F)(F)C(F)(F)C(F)(F)C(F)(F)C(F)(F)F. The molecule has 0 aromatic rings. The molecule has 0 aliphatic carbocycles. The van der Waals surface area contributed by atoms with Crippen LogP contribution in [0.5, 0.6) is 0 Å². The lowest BCUT2D eigenvalue weighted by Crippen LogP contribution is -2.75. The van der Waals surface area contributed by atoms with Crippen LogP contribution in [0, 0.1) is 0 Å². The Hall–Kier alpha value is -1.54. The van der Waals surface area contributed by atoms with E-state index in [4.69, 9.17) is 0 Å². The molecule has 0 saturated heterocycles. The van der Waals surface area contributed by atoms with Gasteiger partial charge in [0.15, 0.2) is 0 Å². The Morgan fingerprint density at radius 2 is 0.943 bits per heavy atom. The van der Waals surface area contributed by atoms with Crippen LogP contribution in [-0.4, -0.2) is 72.8 Å². The molecule has 0 bridgehead atoms. The monoisotopic (exact) mass is 581 g/mol. The molecule has 0 atom stereocenters. The van der Waals surface area contributed by atoms with E-state index >= 15 is 0 Å². The second-order valence-electron chi connectivity index (χ2n) is 6.61. The highest BCUT2D eigenvalue weighted by atomic mass is 32.2. The average Bonchev–Trinajstić information content (AvgIpc) is 2.65. The van der Waals surface area contributed by atoms with E-state index in [0.717, 1.165) is 6.92 Å². The lowest BCUT2D eigenvalue weighted by molar-refractivity contribution is -0.458. The van der Waals surface area contributed by atoms with Gasteiger partial charge < -0.3 is 0 Å². The van der Waals surface area contributed by atoms with Crippen LogP contribution in [0.25, 0.3) is 0 Å². The number of nitrogens with zero attached hydrogens (tertiary/aromatic N) is 1. The normalized spacial score (nSPS) is 16.1. The first-order valence-electron chi connectivity index (χ1n) is 8.34. The van der Waals surface area contributed by atoms with Gasteiger partial charge in [-0.3, -0.25) is 0 Å². The molecule has 0 saturated carbocycles. The summed E-state index contributed by atoms with van der Waals surface area (Å²) in [5, 5.41) is -7.54. The maximum atomic E-state index is 14.0. The highest BCUT2D eigenvalue weighted by molar-refractivity contribution is 7.90. The standard InChI is InChI=1S/C14H12F17NO2S/c1-3-5-32(6-4-2)35(33,34)14(30,31)12(25,26)10(21,22)8(17,18)7(15,16)9(19,20)11(23,24)13(27,28)29/h3H,1,4-6H2,2H3. The number of hydrogen-bond donors (Lipinski definition) is 0. The van der Waals surface area contributed by atoms with Gasteiger partial charge >= 0.3 is 47.0 Å². The van der Waals surface area contributed by atoms with E-state index in [9.17, 15) is 83.1 Å². The third kappa shape index (κ3) is 4.43. The minimum atomic E-state index is -8.84. The van der Waals surface area contributed by atoms with Crippen molar-refractivity contribution in [2.45, 2.75) is 60.3 Å². The van der Waals surface area contributed by atoms with Crippen LogP contribution in [0.1, 0.15) is 13.3 Å². The lowest BCUT2D eigenvalue weighted by atomic mass is 9.91. The van der Waals surface area contributed by atoms with Crippen LogP contribution in [0.3, 0.4) is 0 Å². The fourth-order valence-electron chi connectivity index (χ4n) is 2.18. The molecule has 35 heavy (non-hydrogen) atoms. The molecule has 0 aromatic carbocycles. The second kappa shape index (κ2) is 9.09. The van der Waals surface area contributed by atoms with Crippen LogP contribution in [0.2, 0.25) is 0 Å². The van der Waals surface area contributed by atoms with E-state index in [1.54, 1.807) is 0 Å². The summed E-state index contributed by atoms with van der Waals surface area (Å²) in [6.45, 7) is 1.14. The largest absolute Gasteiger partial charge is 0.460 e. The summed E-state index contributed by atoms with van der Waals surface area (Å²) in [5.41, 5.74) is 0. The Bertz CT molecular complexity index is 878. The fraction of sp³-hybridized carbons (Fsp3) is 0.857. The summed E-state index contributed by atoms with van der Waals surface area (Å²) in [4.78, 5) is 0.